The zero-order valence-electron chi connectivity index (χ0n) is 15.2. The summed E-state index contributed by atoms with van der Waals surface area (Å²) < 4.78 is 0. The smallest absolute Gasteiger partial charge is 0.251 e. The van der Waals surface area contributed by atoms with E-state index in [0.29, 0.717) is 12.1 Å². The van der Waals surface area contributed by atoms with Gasteiger partial charge in [-0.3, -0.25) is 9.78 Å². The first-order valence-corrected chi connectivity index (χ1v) is 8.90. The minimum Gasteiger partial charge on any atom is -0.387 e. The molecule has 2 aromatic carbocycles. The number of pyridine rings is 1. The van der Waals surface area contributed by atoms with Crippen LogP contribution in [0.5, 0.6) is 0 Å². The second-order valence-corrected chi connectivity index (χ2v) is 6.29. The molecule has 1 atom stereocenters. The number of nitrogens with zero attached hydrogens (tertiary/aromatic N) is 1. The van der Waals surface area contributed by atoms with Crippen molar-refractivity contribution < 1.29 is 9.90 Å². The third kappa shape index (κ3) is 4.92. The molecule has 27 heavy (non-hydrogen) atoms. The second-order valence-electron chi connectivity index (χ2n) is 6.29. The molecule has 0 fully saturated rings. The second kappa shape index (κ2) is 8.96. The van der Waals surface area contributed by atoms with E-state index in [4.69, 9.17) is 0 Å². The van der Waals surface area contributed by atoms with Gasteiger partial charge in [0, 0.05) is 24.0 Å². The van der Waals surface area contributed by atoms with Gasteiger partial charge in [0.1, 0.15) is 0 Å². The molecule has 0 aliphatic carbocycles. The minimum atomic E-state index is -0.735. The summed E-state index contributed by atoms with van der Waals surface area (Å²) in [5, 5.41) is 16.3. The normalized spacial score (nSPS) is 11.6. The molecule has 0 aliphatic heterocycles. The van der Waals surface area contributed by atoms with E-state index in [1.165, 1.54) is 0 Å². The number of aliphatic hydroxyl groups excluding tert-OH is 1. The number of anilines is 1. The third-order valence-corrected chi connectivity index (χ3v) is 4.40. The van der Waals surface area contributed by atoms with Crippen LogP contribution < -0.4 is 10.6 Å². The van der Waals surface area contributed by atoms with Crippen molar-refractivity contribution in [1.29, 1.82) is 0 Å². The Bertz CT molecular complexity index is 883. The quantitative estimate of drug-likeness (QED) is 0.602. The maximum absolute atomic E-state index is 12.6. The topological polar surface area (TPSA) is 74.2 Å². The predicted octanol–water partition coefficient (Wildman–Crippen LogP) is 3.47. The first-order chi connectivity index (χ1) is 13.1. The van der Waals surface area contributed by atoms with Gasteiger partial charge in [0.25, 0.3) is 5.91 Å². The van der Waals surface area contributed by atoms with E-state index >= 15 is 0 Å². The van der Waals surface area contributed by atoms with Gasteiger partial charge in [-0.15, -0.1) is 0 Å². The van der Waals surface area contributed by atoms with E-state index in [0.717, 1.165) is 22.5 Å². The minimum absolute atomic E-state index is 0.161. The number of hydrogen-bond acceptors (Lipinski definition) is 4. The zero-order chi connectivity index (χ0) is 19.1. The van der Waals surface area contributed by atoms with Gasteiger partial charge in [-0.1, -0.05) is 42.5 Å². The van der Waals surface area contributed by atoms with Crippen LogP contribution in [0.15, 0.2) is 72.9 Å². The first-order valence-electron chi connectivity index (χ1n) is 8.90. The average Bonchev–Trinajstić information content (AvgIpc) is 2.72. The van der Waals surface area contributed by atoms with Gasteiger partial charge in [0.15, 0.2) is 0 Å². The summed E-state index contributed by atoms with van der Waals surface area (Å²) in [4.78, 5) is 16.9. The van der Waals surface area contributed by atoms with Gasteiger partial charge in [0.05, 0.1) is 18.3 Å². The Morgan fingerprint density at radius 2 is 1.81 bits per heavy atom. The van der Waals surface area contributed by atoms with E-state index in [1.54, 1.807) is 12.3 Å². The number of carbonyl (C=O) groups excluding carboxylic acids is 1. The van der Waals surface area contributed by atoms with Gasteiger partial charge < -0.3 is 15.7 Å². The van der Waals surface area contributed by atoms with Crippen molar-refractivity contribution in [1.82, 2.24) is 10.3 Å². The lowest BCUT2D eigenvalue weighted by molar-refractivity contribution is 0.0915. The zero-order valence-corrected chi connectivity index (χ0v) is 15.2. The summed E-state index contributed by atoms with van der Waals surface area (Å²) in [7, 11) is 0. The molecule has 0 unspecified atom stereocenters. The fraction of sp³-hybridized carbons (Fsp3) is 0.182. The fourth-order valence-electron chi connectivity index (χ4n) is 2.84. The van der Waals surface area contributed by atoms with Crippen molar-refractivity contribution in [2.45, 2.75) is 19.6 Å². The van der Waals surface area contributed by atoms with Gasteiger partial charge in [-0.2, -0.15) is 0 Å². The van der Waals surface area contributed by atoms with Crippen LogP contribution in [0, 0.1) is 6.92 Å². The molecule has 0 saturated carbocycles. The molecule has 0 spiro atoms. The van der Waals surface area contributed by atoms with E-state index in [-0.39, 0.29) is 12.5 Å². The molecule has 138 valence electrons. The van der Waals surface area contributed by atoms with Gasteiger partial charge in [0.2, 0.25) is 0 Å². The van der Waals surface area contributed by atoms with Gasteiger partial charge >= 0.3 is 0 Å². The van der Waals surface area contributed by atoms with Crippen LogP contribution in [0.4, 0.5) is 5.69 Å². The van der Waals surface area contributed by atoms with Crippen molar-refractivity contribution in [3.05, 3.63) is 95.3 Å². The van der Waals surface area contributed by atoms with Crippen LogP contribution in [0.3, 0.4) is 0 Å². The summed E-state index contributed by atoms with van der Waals surface area (Å²) in [6.07, 6.45) is 1.02. The number of aliphatic hydroxyl groups is 1. The molecule has 0 bridgehead atoms. The number of rotatable bonds is 7. The summed E-state index contributed by atoms with van der Waals surface area (Å²) in [6, 6.07) is 20.6. The highest BCUT2D eigenvalue weighted by molar-refractivity contribution is 5.97. The highest BCUT2D eigenvalue weighted by atomic mass is 16.3. The molecule has 5 nitrogen and oxygen atoms in total. The number of carbonyl (C=O) groups is 1. The lowest BCUT2D eigenvalue weighted by Gasteiger charge is -2.15. The molecule has 0 saturated heterocycles. The molecule has 1 heterocycles. The van der Waals surface area contributed by atoms with Crippen molar-refractivity contribution in [3.8, 4) is 0 Å². The Labute approximate surface area is 159 Å². The Balaban J connectivity index is 1.63. The number of nitrogens with one attached hydrogen (secondary N) is 2. The lowest BCUT2D eigenvalue weighted by atomic mass is 10.1. The SMILES string of the molecule is Cc1c(NCc2ccccn2)cccc1C(=O)NC[C@H](O)c1ccccc1. The number of aromatic nitrogens is 1. The highest BCUT2D eigenvalue weighted by Crippen LogP contribution is 2.20. The summed E-state index contributed by atoms with van der Waals surface area (Å²) in [5.41, 5.74) is 4.04. The molecule has 3 aromatic rings. The van der Waals surface area contributed by atoms with Crippen molar-refractivity contribution in [3.63, 3.8) is 0 Å². The molecule has 0 radical (unpaired) electrons. The molecule has 1 aromatic heterocycles. The molecule has 3 rings (SSSR count). The lowest BCUT2D eigenvalue weighted by Crippen LogP contribution is -2.29. The number of amides is 1. The van der Waals surface area contributed by atoms with Crippen LogP contribution in [0.2, 0.25) is 0 Å². The molecular formula is C22H23N3O2. The van der Waals surface area contributed by atoms with E-state index in [1.807, 2.05) is 67.6 Å². The van der Waals surface area contributed by atoms with Crippen LogP contribution in [0.1, 0.15) is 33.3 Å². The summed E-state index contributed by atoms with van der Waals surface area (Å²) in [5.74, 6) is -0.205. The molecule has 0 aliphatic rings. The highest BCUT2D eigenvalue weighted by Gasteiger charge is 2.14. The van der Waals surface area contributed by atoms with Gasteiger partial charge in [-0.05, 0) is 42.3 Å². The molecule has 1 amide bonds. The standard InChI is InChI=1S/C22H23N3O2/c1-16-19(22(27)25-15-21(26)17-8-3-2-4-9-17)11-7-12-20(16)24-14-18-10-5-6-13-23-18/h2-13,21,24,26H,14-15H2,1H3,(H,25,27)/t21-/m0/s1. The largest absolute Gasteiger partial charge is 0.387 e. The molecule has 3 N–H and O–H groups in total. The fourth-order valence-corrected chi connectivity index (χ4v) is 2.84. The maximum atomic E-state index is 12.6. The van der Waals surface area contributed by atoms with Crippen LogP contribution in [-0.2, 0) is 6.54 Å². The van der Waals surface area contributed by atoms with Crippen molar-refractivity contribution in [2.24, 2.45) is 0 Å². The molecule has 5 heteroatoms. The monoisotopic (exact) mass is 361 g/mol. The Hall–Kier alpha value is -3.18. The van der Waals surface area contributed by atoms with E-state index in [2.05, 4.69) is 15.6 Å². The summed E-state index contributed by atoms with van der Waals surface area (Å²) >= 11 is 0. The van der Waals surface area contributed by atoms with E-state index in [9.17, 15) is 9.90 Å². The summed E-state index contributed by atoms with van der Waals surface area (Å²) in [6.45, 7) is 2.65. The Kier molecular flexibility index (Phi) is 6.18. The predicted molar refractivity (Wildman–Crippen MR) is 106 cm³/mol. The van der Waals surface area contributed by atoms with Crippen molar-refractivity contribution >= 4 is 11.6 Å². The maximum Gasteiger partial charge on any atom is 0.251 e. The van der Waals surface area contributed by atoms with E-state index < -0.39 is 6.10 Å². The van der Waals surface area contributed by atoms with Crippen molar-refractivity contribution in [2.75, 3.05) is 11.9 Å². The Morgan fingerprint density at radius 3 is 2.56 bits per heavy atom. The number of benzene rings is 2. The molecular weight excluding hydrogens is 338 g/mol. The van der Waals surface area contributed by atoms with Crippen LogP contribution >= 0.6 is 0 Å². The van der Waals surface area contributed by atoms with Gasteiger partial charge in [-0.25, -0.2) is 0 Å². The van der Waals surface area contributed by atoms with Crippen LogP contribution in [0.25, 0.3) is 0 Å². The average molecular weight is 361 g/mol. The number of hydrogen-bond donors (Lipinski definition) is 3. The first kappa shape index (κ1) is 18.6. The third-order valence-electron chi connectivity index (χ3n) is 4.40. The Morgan fingerprint density at radius 1 is 1.04 bits per heavy atom. The van der Waals surface area contributed by atoms with Crippen LogP contribution in [-0.4, -0.2) is 22.5 Å².